The Bertz CT molecular complexity index is 1650. The molecule has 0 heterocycles. The van der Waals surface area contributed by atoms with Gasteiger partial charge in [0, 0.05) is 10.4 Å². The molecule has 4 rings (SSSR count). The third-order valence-electron chi connectivity index (χ3n) is 5.52. The number of hydrogen-bond acceptors (Lipinski definition) is 7. The van der Waals surface area contributed by atoms with E-state index in [2.05, 4.69) is 15.5 Å². The van der Waals surface area contributed by atoms with Crippen molar-refractivity contribution in [1.82, 2.24) is 0 Å². The number of carbonyl (C=O) groups is 1. The molecule has 0 bridgehead atoms. The van der Waals surface area contributed by atoms with Gasteiger partial charge in [0.1, 0.15) is 11.4 Å². The molecule has 0 atom stereocenters. The summed E-state index contributed by atoms with van der Waals surface area (Å²) in [5.41, 5.74) is 0.832. The fourth-order valence-electron chi connectivity index (χ4n) is 3.63. The van der Waals surface area contributed by atoms with Gasteiger partial charge in [0.15, 0.2) is 5.75 Å². The number of benzene rings is 4. The van der Waals surface area contributed by atoms with Crippen molar-refractivity contribution in [1.29, 1.82) is 0 Å². The van der Waals surface area contributed by atoms with Crippen molar-refractivity contribution >= 4 is 55.5 Å². The van der Waals surface area contributed by atoms with E-state index >= 15 is 0 Å². The zero-order chi connectivity index (χ0) is 26.7. The molecule has 4 aromatic rings. The molecule has 0 aliphatic carbocycles. The lowest BCUT2D eigenvalue weighted by Gasteiger charge is -2.13. The number of phenolic OH excluding ortho intramolecular Hbond substituents is 1. The molecule has 190 valence electrons. The zero-order valence-electron chi connectivity index (χ0n) is 19.8. The largest absolute Gasteiger partial charge is 0.505 e. The molecule has 0 spiro atoms. The van der Waals surface area contributed by atoms with Gasteiger partial charge in [0.05, 0.1) is 28.4 Å². The molecule has 0 saturated heterocycles. The van der Waals surface area contributed by atoms with E-state index in [0.717, 1.165) is 12.1 Å². The number of rotatable bonds is 7. The molecule has 0 aromatic heterocycles. The van der Waals surface area contributed by atoms with E-state index in [1.165, 1.54) is 6.07 Å². The number of hydrogen-bond donors (Lipinski definition) is 3. The summed E-state index contributed by atoms with van der Waals surface area (Å²) >= 11 is 6.12. The Hall–Kier alpha value is -3.99. The molecule has 3 N–H and O–H groups in total. The minimum absolute atomic E-state index is 0.00544. The molecule has 0 fully saturated rings. The first-order valence-corrected chi connectivity index (χ1v) is 12.9. The van der Waals surface area contributed by atoms with E-state index in [0.29, 0.717) is 34.4 Å². The molecule has 0 aliphatic rings. The normalized spacial score (nSPS) is 11.7. The number of fused-ring (bicyclic) bond motifs is 1. The van der Waals surface area contributed by atoms with Gasteiger partial charge in [-0.1, -0.05) is 48.0 Å². The number of ether oxygens (including phenoxy) is 1. The minimum Gasteiger partial charge on any atom is -0.505 e. The van der Waals surface area contributed by atoms with Gasteiger partial charge in [-0.15, -0.1) is 5.11 Å². The smallest absolute Gasteiger partial charge is 0.294 e. The number of azo groups is 1. The van der Waals surface area contributed by atoms with Gasteiger partial charge in [-0.05, 0) is 55.1 Å². The molecule has 9 nitrogen and oxygen atoms in total. The van der Waals surface area contributed by atoms with Gasteiger partial charge in [-0.3, -0.25) is 9.35 Å². The van der Waals surface area contributed by atoms with Crippen LogP contribution in [0.25, 0.3) is 10.8 Å². The summed E-state index contributed by atoms with van der Waals surface area (Å²) in [4.78, 5) is 12.8. The highest BCUT2D eigenvalue weighted by atomic mass is 35.5. The van der Waals surface area contributed by atoms with Crippen molar-refractivity contribution in [2.75, 3.05) is 11.9 Å². The average molecular weight is 540 g/mol. The highest BCUT2D eigenvalue weighted by molar-refractivity contribution is 7.85. The van der Waals surface area contributed by atoms with Crippen LogP contribution < -0.4 is 10.1 Å². The van der Waals surface area contributed by atoms with Crippen molar-refractivity contribution in [3.05, 3.63) is 82.9 Å². The van der Waals surface area contributed by atoms with Crippen molar-refractivity contribution in [3.63, 3.8) is 0 Å². The zero-order valence-corrected chi connectivity index (χ0v) is 21.3. The lowest BCUT2D eigenvalue weighted by Crippen LogP contribution is -2.13. The van der Waals surface area contributed by atoms with Crippen LogP contribution in [0.1, 0.15) is 22.8 Å². The Balaban J connectivity index is 1.81. The van der Waals surface area contributed by atoms with Crippen molar-refractivity contribution in [2.45, 2.75) is 18.7 Å². The lowest BCUT2D eigenvalue weighted by molar-refractivity contribution is 0.102. The Morgan fingerprint density at radius 1 is 1.05 bits per heavy atom. The van der Waals surface area contributed by atoms with E-state index in [1.807, 2.05) is 6.92 Å². The monoisotopic (exact) mass is 539 g/mol. The molecule has 0 saturated carbocycles. The van der Waals surface area contributed by atoms with E-state index in [1.54, 1.807) is 55.5 Å². The lowest BCUT2D eigenvalue weighted by atomic mass is 10.0. The van der Waals surface area contributed by atoms with Crippen LogP contribution in [0, 0.1) is 6.92 Å². The third-order valence-corrected chi connectivity index (χ3v) is 6.74. The molecule has 37 heavy (non-hydrogen) atoms. The third kappa shape index (κ3) is 5.56. The van der Waals surface area contributed by atoms with E-state index < -0.39 is 26.7 Å². The summed E-state index contributed by atoms with van der Waals surface area (Å²) in [6.07, 6.45) is 0. The highest BCUT2D eigenvalue weighted by Crippen LogP contribution is 2.41. The summed E-state index contributed by atoms with van der Waals surface area (Å²) in [6, 6.07) is 17.6. The maximum atomic E-state index is 13.2. The number of anilines is 1. The van der Waals surface area contributed by atoms with Crippen LogP contribution in [0.5, 0.6) is 11.5 Å². The second kappa shape index (κ2) is 10.6. The predicted octanol–water partition coefficient (Wildman–Crippen LogP) is 6.82. The van der Waals surface area contributed by atoms with Gasteiger partial charge in [-0.2, -0.15) is 13.5 Å². The summed E-state index contributed by atoms with van der Waals surface area (Å²) in [7, 11) is -4.54. The summed E-state index contributed by atoms with van der Waals surface area (Å²) < 4.78 is 38.2. The van der Waals surface area contributed by atoms with Crippen LogP contribution in [-0.4, -0.2) is 30.6 Å². The van der Waals surface area contributed by atoms with Gasteiger partial charge in [0.2, 0.25) is 0 Å². The summed E-state index contributed by atoms with van der Waals surface area (Å²) in [5, 5.41) is 23.3. The quantitative estimate of drug-likeness (QED) is 0.174. The molecule has 11 heteroatoms. The summed E-state index contributed by atoms with van der Waals surface area (Å²) in [6.45, 7) is 3.83. The van der Waals surface area contributed by atoms with Gasteiger partial charge < -0.3 is 15.2 Å². The van der Waals surface area contributed by atoms with Gasteiger partial charge >= 0.3 is 0 Å². The number of nitrogens with one attached hydrogen (secondary N) is 1. The van der Waals surface area contributed by atoms with Crippen LogP contribution in [0.3, 0.4) is 0 Å². The fraction of sp³-hybridized carbons (Fsp3) is 0.115. The highest BCUT2D eigenvalue weighted by Gasteiger charge is 2.20. The van der Waals surface area contributed by atoms with E-state index in [-0.39, 0.29) is 22.0 Å². The topological polar surface area (TPSA) is 138 Å². The SMILES string of the molecule is CCOc1ccccc1NC(=O)c1cc2ccccc2c(N=Nc2cc(S(=O)(=O)O)cc(Cl)c2C)c1O. The Labute approximate surface area is 218 Å². The fourth-order valence-corrected chi connectivity index (χ4v) is 4.44. The summed E-state index contributed by atoms with van der Waals surface area (Å²) in [5.74, 6) is -0.549. The molecule has 1 amide bonds. The molecule has 0 aliphatic heterocycles. The number of aromatic hydroxyl groups is 1. The molecule has 0 unspecified atom stereocenters. The van der Waals surface area contributed by atoms with Crippen LogP contribution >= 0.6 is 11.6 Å². The first kappa shape index (κ1) is 26.1. The van der Waals surface area contributed by atoms with Gasteiger partial charge in [0.25, 0.3) is 16.0 Å². The second-order valence-corrected chi connectivity index (χ2v) is 9.78. The molecular formula is C26H22ClN3O6S. The Morgan fingerprint density at radius 3 is 2.49 bits per heavy atom. The van der Waals surface area contributed by atoms with E-state index in [4.69, 9.17) is 16.3 Å². The van der Waals surface area contributed by atoms with Crippen molar-refractivity contribution < 1.29 is 27.6 Å². The number of para-hydroxylation sites is 2. The van der Waals surface area contributed by atoms with Crippen molar-refractivity contribution in [3.8, 4) is 11.5 Å². The number of halogens is 1. The van der Waals surface area contributed by atoms with Crippen LogP contribution in [0.4, 0.5) is 17.1 Å². The average Bonchev–Trinajstić information content (AvgIpc) is 2.86. The molecule has 4 aromatic carbocycles. The Kier molecular flexibility index (Phi) is 7.44. The maximum Gasteiger partial charge on any atom is 0.294 e. The number of amides is 1. The number of nitrogens with zero attached hydrogens (tertiary/aromatic N) is 2. The standard InChI is InChI=1S/C26H22ClN3O6S/c1-3-36-23-11-7-6-10-21(23)28-26(32)19-12-16-8-4-5-9-18(16)24(25(19)31)30-29-22-14-17(37(33,34)35)13-20(27)15(22)2/h4-14,31H,3H2,1-2H3,(H,28,32)(H,33,34,35). The first-order valence-electron chi connectivity index (χ1n) is 11.1. The Morgan fingerprint density at radius 2 is 1.76 bits per heavy atom. The van der Waals surface area contributed by atoms with E-state index in [9.17, 15) is 22.9 Å². The first-order chi connectivity index (χ1) is 17.6. The van der Waals surface area contributed by atoms with Crippen LogP contribution in [-0.2, 0) is 10.1 Å². The maximum absolute atomic E-state index is 13.2. The van der Waals surface area contributed by atoms with Crippen LogP contribution in [0.15, 0.2) is 81.9 Å². The number of carbonyl (C=O) groups excluding carboxylic acids is 1. The number of phenols is 1. The van der Waals surface area contributed by atoms with Crippen LogP contribution in [0.2, 0.25) is 5.02 Å². The van der Waals surface area contributed by atoms with Crippen molar-refractivity contribution in [2.24, 2.45) is 10.2 Å². The predicted molar refractivity (Wildman–Crippen MR) is 141 cm³/mol. The minimum atomic E-state index is -4.54. The molecular weight excluding hydrogens is 518 g/mol. The van der Waals surface area contributed by atoms with Gasteiger partial charge in [-0.25, -0.2) is 0 Å². The molecule has 0 radical (unpaired) electrons. The second-order valence-electron chi connectivity index (χ2n) is 7.95.